The summed E-state index contributed by atoms with van der Waals surface area (Å²) in [6.07, 6.45) is 6.65. The van der Waals surface area contributed by atoms with E-state index in [2.05, 4.69) is 15.6 Å². The summed E-state index contributed by atoms with van der Waals surface area (Å²) in [5.74, 6) is 1.06. The molecule has 0 radical (unpaired) electrons. The van der Waals surface area contributed by atoms with Gasteiger partial charge in [0.15, 0.2) is 5.96 Å². The first-order chi connectivity index (χ1) is 13.1. The third-order valence-corrected chi connectivity index (χ3v) is 5.71. The third-order valence-electron chi connectivity index (χ3n) is 5.71. The summed E-state index contributed by atoms with van der Waals surface area (Å²) >= 11 is 0. The predicted molar refractivity (Wildman–Crippen MR) is 121 cm³/mol. The molecule has 3 rings (SSSR count). The second-order valence-electron chi connectivity index (χ2n) is 7.76. The van der Waals surface area contributed by atoms with Crippen molar-refractivity contribution in [2.75, 3.05) is 20.1 Å². The minimum atomic E-state index is -0.190. The Labute approximate surface area is 184 Å². The summed E-state index contributed by atoms with van der Waals surface area (Å²) in [7, 11) is 1.73. The lowest BCUT2D eigenvalue weighted by Gasteiger charge is -2.26. The van der Waals surface area contributed by atoms with Gasteiger partial charge >= 0.3 is 0 Å². The van der Waals surface area contributed by atoms with Crippen LogP contribution in [0.4, 0.5) is 4.39 Å². The number of guanidine groups is 1. The van der Waals surface area contributed by atoms with Crippen molar-refractivity contribution >= 4 is 35.8 Å². The number of hydrogen-bond donors (Lipinski definition) is 2. The van der Waals surface area contributed by atoms with Crippen LogP contribution in [0.3, 0.4) is 0 Å². The van der Waals surface area contributed by atoms with Gasteiger partial charge in [0, 0.05) is 38.6 Å². The molecule has 2 fully saturated rings. The molecule has 28 heavy (non-hydrogen) atoms. The minimum absolute atomic E-state index is 0. The zero-order valence-electron chi connectivity index (χ0n) is 16.8. The number of carbonyl (C=O) groups excluding carboxylic acids is 1. The Morgan fingerprint density at radius 2 is 2.00 bits per heavy atom. The fourth-order valence-electron chi connectivity index (χ4n) is 4.01. The van der Waals surface area contributed by atoms with Crippen molar-refractivity contribution in [2.45, 2.75) is 58.0 Å². The van der Waals surface area contributed by atoms with Crippen LogP contribution in [0.5, 0.6) is 0 Å². The summed E-state index contributed by atoms with van der Waals surface area (Å²) in [4.78, 5) is 19.0. The summed E-state index contributed by atoms with van der Waals surface area (Å²) in [6, 6.07) is 5.46. The van der Waals surface area contributed by atoms with E-state index in [9.17, 15) is 9.18 Å². The Kier molecular flexibility index (Phi) is 8.98. The molecule has 0 aromatic heterocycles. The van der Waals surface area contributed by atoms with Crippen molar-refractivity contribution in [3.8, 4) is 0 Å². The zero-order valence-corrected chi connectivity index (χ0v) is 19.2. The minimum Gasteiger partial charge on any atom is -0.352 e. The van der Waals surface area contributed by atoms with E-state index in [4.69, 9.17) is 0 Å². The molecule has 1 aliphatic heterocycles. The van der Waals surface area contributed by atoms with Crippen LogP contribution >= 0.6 is 24.0 Å². The highest BCUT2D eigenvalue weighted by atomic mass is 127. The Balaban J connectivity index is 0.00000280. The van der Waals surface area contributed by atoms with Crippen molar-refractivity contribution in [1.82, 2.24) is 15.5 Å². The summed E-state index contributed by atoms with van der Waals surface area (Å²) in [5, 5.41) is 6.64. The number of benzene rings is 1. The Morgan fingerprint density at radius 3 is 2.68 bits per heavy atom. The van der Waals surface area contributed by atoms with Gasteiger partial charge in [0.25, 0.3) is 0 Å². The highest BCUT2D eigenvalue weighted by Crippen LogP contribution is 2.26. The number of amides is 1. The smallest absolute Gasteiger partial charge is 0.225 e. The van der Waals surface area contributed by atoms with E-state index in [0.29, 0.717) is 24.0 Å². The zero-order chi connectivity index (χ0) is 19.2. The molecule has 1 heterocycles. The molecule has 2 aliphatic rings. The van der Waals surface area contributed by atoms with Gasteiger partial charge in [0.05, 0.1) is 0 Å². The van der Waals surface area contributed by atoms with Gasteiger partial charge in [-0.1, -0.05) is 31.4 Å². The highest BCUT2D eigenvalue weighted by Gasteiger charge is 2.31. The number of nitrogens with zero attached hydrogens (tertiary/aromatic N) is 2. The van der Waals surface area contributed by atoms with E-state index in [-0.39, 0.29) is 41.8 Å². The molecule has 1 aliphatic carbocycles. The number of aliphatic imine (C=N–C) groups is 1. The lowest BCUT2D eigenvalue weighted by atomic mass is 9.88. The van der Waals surface area contributed by atoms with Crippen molar-refractivity contribution < 1.29 is 9.18 Å². The molecule has 0 bridgehead atoms. The first-order valence-electron chi connectivity index (χ1n) is 10.1. The molecule has 0 spiro atoms. The molecule has 1 unspecified atom stereocenters. The van der Waals surface area contributed by atoms with Gasteiger partial charge in [-0.25, -0.2) is 4.39 Å². The van der Waals surface area contributed by atoms with Crippen LogP contribution in [0, 0.1) is 18.7 Å². The van der Waals surface area contributed by atoms with Crippen LogP contribution in [0.25, 0.3) is 0 Å². The second kappa shape index (κ2) is 11.0. The summed E-state index contributed by atoms with van der Waals surface area (Å²) in [6.45, 7) is 3.81. The molecule has 156 valence electrons. The highest BCUT2D eigenvalue weighted by molar-refractivity contribution is 14.0. The third kappa shape index (κ3) is 6.06. The van der Waals surface area contributed by atoms with Crippen LogP contribution < -0.4 is 10.6 Å². The van der Waals surface area contributed by atoms with Gasteiger partial charge < -0.3 is 15.5 Å². The molecular formula is C21H32FIN4O. The number of halogens is 2. The van der Waals surface area contributed by atoms with Crippen LogP contribution in [0.2, 0.25) is 0 Å². The van der Waals surface area contributed by atoms with Crippen LogP contribution in [0.15, 0.2) is 23.2 Å². The quantitative estimate of drug-likeness (QED) is 0.376. The van der Waals surface area contributed by atoms with E-state index in [1.54, 1.807) is 26.1 Å². The molecule has 1 saturated carbocycles. The second-order valence-corrected chi connectivity index (χ2v) is 7.76. The van der Waals surface area contributed by atoms with E-state index >= 15 is 0 Å². The number of hydrogen-bond acceptors (Lipinski definition) is 2. The summed E-state index contributed by atoms with van der Waals surface area (Å²) < 4.78 is 13.7. The van der Waals surface area contributed by atoms with Gasteiger partial charge in [0.2, 0.25) is 5.91 Å². The Morgan fingerprint density at radius 1 is 1.25 bits per heavy atom. The maximum Gasteiger partial charge on any atom is 0.225 e. The standard InChI is InChI=1S/C21H31FN4O.HI/c1-15-8-9-16(12-19(15)22)13-24-21(23-2)25-18-10-11-26(14-18)20(27)17-6-4-3-5-7-17;/h8-9,12,17-18H,3-7,10-11,13-14H2,1-2H3,(H2,23,24,25);1H. The fourth-order valence-corrected chi connectivity index (χ4v) is 4.01. The maximum absolute atomic E-state index is 13.7. The monoisotopic (exact) mass is 502 g/mol. The molecule has 1 amide bonds. The first kappa shape index (κ1) is 22.9. The van der Waals surface area contributed by atoms with E-state index in [0.717, 1.165) is 37.9 Å². The number of carbonyl (C=O) groups is 1. The first-order valence-corrected chi connectivity index (χ1v) is 10.1. The van der Waals surface area contributed by atoms with E-state index < -0.39 is 0 Å². The van der Waals surface area contributed by atoms with E-state index in [1.165, 1.54) is 19.3 Å². The van der Waals surface area contributed by atoms with E-state index in [1.807, 2.05) is 11.0 Å². The number of likely N-dealkylation sites (tertiary alicyclic amines) is 1. The lowest BCUT2D eigenvalue weighted by Crippen LogP contribution is -2.45. The lowest BCUT2D eigenvalue weighted by molar-refractivity contribution is -0.135. The van der Waals surface area contributed by atoms with Gasteiger partial charge in [-0.05, 0) is 43.4 Å². The predicted octanol–water partition coefficient (Wildman–Crippen LogP) is 3.60. The van der Waals surface area contributed by atoms with Crippen molar-refractivity contribution in [3.63, 3.8) is 0 Å². The van der Waals surface area contributed by atoms with Crippen LogP contribution in [0.1, 0.15) is 49.7 Å². The number of aryl methyl sites for hydroxylation is 1. The summed E-state index contributed by atoms with van der Waals surface area (Å²) in [5.41, 5.74) is 1.52. The molecule has 2 N–H and O–H groups in total. The van der Waals surface area contributed by atoms with Gasteiger partial charge in [0.1, 0.15) is 5.82 Å². The molecule has 1 aromatic rings. The molecule has 5 nitrogen and oxygen atoms in total. The van der Waals surface area contributed by atoms with Gasteiger partial charge in [-0.15, -0.1) is 24.0 Å². The average Bonchev–Trinajstić information content (AvgIpc) is 3.16. The largest absolute Gasteiger partial charge is 0.352 e. The fraction of sp³-hybridized carbons (Fsp3) is 0.619. The molecule has 1 atom stereocenters. The van der Waals surface area contributed by atoms with Gasteiger partial charge in [-0.3, -0.25) is 9.79 Å². The van der Waals surface area contributed by atoms with Gasteiger partial charge in [-0.2, -0.15) is 0 Å². The Bertz CT molecular complexity index is 691. The van der Waals surface area contributed by atoms with Crippen LogP contribution in [-0.2, 0) is 11.3 Å². The normalized spacial score (nSPS) is 20.6. The Hall–Kier alpha value is -1.38. The van der Waals surface area contributed by atoms with Crippen molar-refractivity contribution in [2.24, 2.45) is 10.9 Å². The number of nitrogens with one attached hydrogen (secondary N) is 2. The SMILES string of the molecule is CN=C(NCc1ccc(C)c(F)c1)NC1CCN(C(=O)C2CCCCC2)C1.I. The number of rotatable bonds is 4. The van der Waals surface area contributed by atoms with Crippen LogP contribution in [-0.4, -0.2) is 42.9 Å². The maximum atomic E-state index is 13.7. The average molecular weight is 502 g/mol. The topological polar surface area (TPSA) is 56.7 Å². The van der Waals surface area contributed by atoms with Crippen molar-refractivity contribution in [3.05, 3.63) is 35.1 Å². The van der Waals surface area contributed by atoms with Crippen molar-refractivity contribution in [1.29, 1.82) is 0 Å². The molecule has 1 aromatic carbocycles. The molecule has 7 heteroatoms. The molecule has 1 saturated heterocycles. The molecular weight excluding hydrogens is 470 g/mol.